The second-order valence-electron chi connectivity index (χ2n) is 7.28. The summed E-state index contributed by atoms with van der Waals surface area (Å²) in [6.07, 6.45) is -2.18. The van der Waals surface area contributed by atoms with Crippen molar-refractivity contribution in [2.45, 2.75) is 31.0 Å². The van der Waals surface area contributed by atoms with Gasteiger partial charge in [-0.25, -0.2) is 4.79 Å². The van der Waals surface area contributed by atoms with Crippen LogP contribution < -0.4 is 0 Å². The third-order valence-electron chi connectivity index (χ3n) is 4.64. The highest BCUT2D eigenvalue weighted by molar-refractivity contribution is 5.87. The molecule has 2 atom stereocenters. The third kappa shape index (κ3) is 7.14. The molecule has 0 spiro atoms. The molecule has 0 saturated carbocycles. The number of carbonyl (C=O) groups excluding carboxylic acids is 1. The van der Waals surface area contributed by atoms with Gasteiger partial charge in [0.2, 0.25) is 0 Å². The van der Waals surface area contributed by atoms with Crippen molar-refractivity contribution in [3.05, 3.63) is 53.6 Å². The third-order valence-corrected chi connectivity index (χ3v) is 4.64. The Balaban J connectivity index is 2.31. The molecule has 7 N–H and O–H groups in total. The molecule has 0 bridgehead atoms. The molecule has 0 unspecified atom stereocenters. The number of aliphatic hydroxyl groups is 1. The predicted molar refractivity (Wildman–Crippen MR) is 112 cm³/mol. The van der Waals surface area contributed by atoms with Crippen molar-refractivity contribution in [3.63, 3.8) is 0 Å². The van der Waals surface area contributed by atoms with E-state index in [1.807, 2.05) is 0 Å². The summed E-state index contributed by atoms with van der Waals surface area (Å²) in [5.41, 5.74) is -1.94. The van der Waals surface area contributed by atoms with E-state index in [2.05, 4.69) is 0 Å². The predicted octanol–water partition coefficient (Wildman–Crippen LogP) is 1.36. The number of phenols is 4. The van der Waals surface area contributed by atoms with Crippen LogP contribution in [0.25, 0.3) is 6.08 Å². The van der Waals surface area contributed by atoms with Crippen LogP contribution in [-0.4, -0.2) is 65.4 Å². The molecule has 0 aliphatic carbocycles. The lowest BCUT2D eigenvalue weighted by atomic mass is 9.84. The number of hydrogen-bond donors (Lipinski definition) is 7. The molecule has 0 amide bonds. The summed E-state index contributed by atoms with van der Waals surface area (Å²) >= 11 is 0. The quantitative estimate of drug-likeness (QED) is 0.153. The second-order valence-corrected chi connectivity index (χ2v) is 7.28. The number of carbonyl (C=O) groups is 3. The van der Waals surface area contributed by atoms with Crippen molar-refractivity contribution in [2.24, 2.45) is 0 Å². The Kier molecular flexibility index (Phi) is 7.86. The highest BCUT2D eigenvalue weighted by Crippen LogP contribution is 2.31. The van der Waals surface area contributed by atoms with Crippen molar-refractivity contribution in [1.29, 1.82) is 0 Å². The zero-order chi connectivity index (χ0) is 24.8. The molecule has 0 saturated heterocycles. The summed E-state index contributed by atoms with van der Waals surface area (Å²) in [4.78, 5) is 35.0. The number of ether oxygens (including phenoxy) is 1. The van der Waals surface area contributed by atoms with Gasteiger partial charge in [-0.15, -0.1) is 0 Å². The standard InChI is InChI=1S/C22H22O11/c23-14-4-1-12(7-16(14)25)3-6-21(31)33-18(9-19(27)28)22(32,11-20(29)30)10-13-2-5-15(24)17(26)8-13/h1-8,18,23-26,32H,9-11H2,(H,27,28)(H,29,30)/t18-,22+/m1/s1. The van der Waals surface area contributed by atoms with Gasteiger partial charge >= 0.3 is 17.9 Å². The summed E-state index contributed by atoms with van der Waals surface area (Å²) in [7, 11) is 0. The summed E-state index contributed by atoms with van der Waals surface area (Å²) in [6.45, 7) is 0. The first kappa shape index (κ1) is 25.0. The highest BCUT2D eigenvalue weighted by Gasteiger charge is 2.43. The fourth-order valence-corrected chi connectivity index (χ4v) is 3.07. The van der Waals surface area contributed by atoms with Gasteiger partial charge in [0.1, 0.15) is 11.7 Å². The van der Waals surface area contributed by atoms with Crippen molar-refractivity contribution in [1.82, 2.24) is 0 Å². The second kappa shape index (κ2) is 10.4. The van der Waals surface area contributed by atoms with Crippen LogP contribution in [0, 0.1) is 0 Å². The van der Waals surface area contributed by atoms with Crippen LogP contribution in [0.2, 0.25) is 0 Å². The fraction of sp³-hybridized carbons (Fsp3) is 0.227. The topological polar surface area (TPSA) is 202 Å². The van der Waals surface area contributed by atoms with E-state index in [4.69, 9.17) is 4.74 Å². The van der Waals surface area contributed by atoms with Gasteiger partial charge in [-0.2, -0.15) is 0 Å². The number of hydrogen-bond acceptors (Lipinski definition) is 9. The summed E-state index contributed by atoms with van der Waals surface area (Å²) < 4.78 is 5.09. The van der Waals surface area contributed by atoms with E-state index < -0.39 is 66.1 Å². The van der Waals surface area contributed by atoms with Gasteiger partial charge in [0.05, 0.1) is 12.8 Å². The van der Waals surface area contributed by atoms with Crippen LogP contribution >= 0.6 is 0 Å². The van der Waals surface area contributed by atoms with Gasteiger partial charge in [-0.3, -0.25) is 9.59 Å². The average Bonchev–Trinajstić information content (AvgIpc) is 2.70. The van der Waals surface area contributed by atoms with E-state index in [-0.39, 0.29) is 16.9 Å². The van der Waals surface area contributed by atoms with Crippen LogP contribution in [0.4, 0.5) is 0 Å². The van der Waals surface area contributed by atoms with Crippen LogP contribution in [-0.2, 0) is 25.5 Å². The van der Waals surface area contributed by atoms with E-state index in [1.54, 1.807) is 0 Å². The van der Waals surface area contributed by atoms with Gasteiger partial charge in [0, 0.05) is 12.5 Å². The fourth-order valence-electron chi connectivity index (χ4n) is 3.07. The molecule has 2 rings (SSSR count). The van der Waals surface area contributed by atoms with Gasteiger partial charge in [-0.1, -0.05) is 12.1 Å². The lowest BCUT2D eigenvalue weighted by Crippen LogP contribution is -2.49. The minimum atomic E-state index is -2.38. The molecule has 33 heavy (non-hydrogen) atoms. The molecule has 0 aromatic heterocycles. The van der Waals surface area contributed by atoms with Gasteiger partial charge in [-0.05, 0) is 41.5 Å². The van der Waals surface area contributed by atoms with Gasteiger partial charge < -0.3 is 40.5 Å². The van der Waals surface area contributed by atoms with Crippen LogP contribution in [0.5, 0.6) is 23.0 Å². The Morgan fingerprint density at radius 2 is 1.48 bits per heavy atom. The molecule has 11 nitrogen and oxygen atoms in total. The Bertz CT molecular complexity index is 1080. The SMILES string of the molecule is O=C(O)C[C@@H](OC(=O)C=Cc1ccc(O)c(O)c1)[C@@](O)(CC(=O)O)Cc1ccc(O)c(O)c1. The zero-order valence-corrected chi connectivity index (χ0v) is 17.1. The first-order valence-electron chi connectivity index (χ1n) is 9.47. The number of carboxylic acid groups (broad SMARTS) is 2. The highest BCUT2D eigenvalue weighted by atomic mass is 16.6. The minimum absolute atomic E-state index is 0.149. The number of rotatable bonds is 10. The average molecular weight is 462 g/mol. The van der Waals surface area contributed by atoms with Gasteiger partial charge in [0.15, 0.2) is 23.0 Å². The largest absolute Gasteiger partial charge is 0.504 e. The van der Waals surface area contributed by atoms with Crippen molar-refractivity contribution in [2.75, 3.05) is 0 Å². The Hall–Kier alpha value is -4.25. The van der Waals surface area contributed by atoms with Crippen LogP contribution in [0.1, 0.15) is 24.0 Å². The molecule has 11 heteroatoms. The maximum atomic E-state index is 12.3. The molecule has 0 heterocycles. The van der Waals surface area contributed by atoms with Crippen LogP contribution in [0.3, 0.4) is 0 Å². The molecular weight excluding hydrogens is 440 g/mol. The molecule has 0 aliphatic rings. The molecule has 0 radical (unpaired) electrons. The number of aromatic hydroxyl groups is 4. The maximum Gasteiger partial charge on any atom is 0.331 e. The van der Waals surface area contributed by atoms with E-state index >= 15 is 0 Å². The van der Waals surface area contributed by atoms with E-state index in [1.165, 1.54) is 24.3 Å². The number of phenolic OH excluding ortho intramolecular Hbond substituents is 4. The molecule has 0 fully saturated rings. The van der Waals surface area contributed by atoms with E-state index in [0.717, 1.165) is 24.3 Å². The number of esters is 1. The smallest absolute Gasteiger partial charge is 0.331 e. The summed E-state index contributed by atoms with van der Waals surface area (Å²) in [5.74, 6) is -5.90. The molecule has 176 valence electrons. The number of carboxylic acids is 2. The normalized spacial score (nSPS) is 13.8. The monoisotopic (exact) mass is 462 g/mol. The molecular formula is C22H22O11. The maximum absolute atomic E-state index is 12.3. The van der Waals surface area contributed by atoms with Crippen molar-refractivity contribution in [3.8, 4) is 23.0 Å². The van der Waals surface area contributed by atoms with Crippen molar-refractivity contribution < 1.29 is 54.9 Å². The summed E-state index contributed by atoms with van der Waals surface area (Å²) in [5, 5.41) is 67.4. The molecule has 2 aromatic rings. The lowest BCUT2D eigenvalue weighted by Gasteiger charge is -2.34. The number of aliphatic carboxylic acids is 2. The van der Waals surface area contributed by atoms with E-state index in [0.29, 0.717) is 0 Å². The first-order valence-corrected chi connectivity index (χ1v) is 9.47. The molecule has 0 aliphatic heterocycles. The van der Waals surface area contributed by atoms with Gasteiger partial charge in [0.25, 0.3) is 0 Å². The lowest BCUT2D eigenvalue weighted by molar-refractivity contribution is -0.172. The summed E-state index contributed by atoms with van der Waals surface area (Å²) in [6, 6.07) is 7.11. The van der Waals surface area contributed by atoms with Crippen LogP contribution in [0.15, 0.2) is 42.5 Å². The Labute approximate surface area is 187 Å². The Morgan fingerprint density at radius 3 is 2.03 bits per heavy atom. The van der Waals surface area contributed by atoms with Crippen molar-refractivity contribution >= 4 is 24.0 Å². The Morgan fingerprint density at radius 1 is 0.879 bits per heavy atom. The first-order chi connectivity index (χ1) is 15.4. The number of benzene rings is 2. The minimum Gasteiger partial charge on any atom is -0.504 e. The van der Waals surface area contributed by atoms with E-state index in [9.17, 15) is 50.1 Å². The zero-order valence-electron chi connectivity index (χ0n) is 17.1. The molecule has 2 aromatic carbocycles.